The highest BCUT2D eigenvalue weighted by Gasteiger charge is 2.11. The molecule has 1 N–H and O–H groups in total. The van der Waals surface area contributed by atoms with Crippen LogP contribution < -0.4 is 5.32 Å². The SMILES string of the molecule is C#CCNC(C#N)c1ccccc1Br. The van der Waals surface area contributed by atoms with Crippen molar-refractivity contribution in [2.24, 2.45) is 0 Å². The molecule has 0 bridgehead atoms. The van der Waals surface area contributed by atoms with Crippen LogP contribution >= 0.6 is 15.9 Å². The Kier molecular flexibility index (Phi) is 4.19. The molecule has 2 nitrogen and oxygen atoms in total. The van der Waals surface area contributed by atoms with Gasteiger partial charge in [0, 0.05) is 4.47 Å². The number of nitrogens with zero attached hydrogens (tertiary/aromatic N) is 1. The molecule has 1 atom stereocenters. The lowest BCUT2D eigenvalue weighted by molar-refractivity contribution is 0.688. The fourth-order valence-electron chi connectivity index (χ4n) is 1.10. The van der Waals surface area contributed by atoms with Crippen molar-refractivity contribution < 1.29 is 0 Å². The Morgan fingerprint density at radius 2 is 2.21 bits per heavy atom. The number of terminal acetylenes is 1. The molecule has 1 rings (SSSR count). The highest BCUT2D eigenvalue weighted by atomic mass is 79.9. The normalized spacial score (nSPS) is 11.4. The standard InChI is InChI=1S/C11H9BrN2/c1-2-7-14-11(8-13)9-5-3-4-6-10(9)12/h1,3-6,11,14H,7H2. The Morgan fingerprint density at radius 1 is 1.50 bits per heavy atom. The van der Waals surface area contributed by atoms with Gasteiger partial charge in [0.15, 0.2) is 0 Å². The second-order valence-electron chi connectivity index (χ2n) is 2.67. The van der Waals surface area contributed by atoms with Gasteiger partial charge in [-0.15, -0.1) is 6.42 Å². The molecule has 70 valence electrons. The molecule has 0 heterocycles. The summed E-state index contributed by atoms with van der Waals surface area (Å²) in [7, 11) is 0. The van der Waals surface area contributed by atoms with E-state index in [2.05, 4.69) is 33.2 Å². The molecule has 0 aliphatic rings. The van der Waals surface area contributed by atoms with Crippen molar-refractivity contribution >= 4 is 15.9 Å². The van der Waals surface area contributed by atoms with E-state index in [4.69, 9.17) is 11.7 Å². The molecule has 3 heteroatoms. The van der Waals surface area contributed by atoms with E-state index in [-0.39, 0.29) is 6.04 Å². The van der Waals surface area contributed by atoms with Crippen molar-refractivity contribution in [1.29, 1.82) is 5.26 Å². The van der Waals surface area contributed by atoms with E-state index < -0.39 is 0 Å². The van der Waals surface area contributed by atoms with Crippen molar-refractivity contribution in [2.75, 3.05) is 6.54 Å². The molecule has 0 aromatic heterocycles. The van der Waals surface area contributed by atoms with Crippen LogP contribution in [-0.4, -0.2) is 6.54 Å². The number of nitriles is 1. The number of rotatable bonds is 3. The Hall–Kier alpha value is -1.29. The lowest BCUT2D eigenvalue weighted by atomic mass is 10.1. The van der Waals surface area contributed by atoms with Crippen LogP contribution in [0.4, 0.5) is 0 Å². The Balaban J connectivity index is 2.86. The molecule has 0 aliphatic carbocycles. The molecule has 0 aliphatic heterocycles. The summed E-state index contributed by atoms with van der Waals surface area (Å²) < 4.78 is 0.913. The van der Waals surface area contributed by atoms with Gasteiger partial charge < -0.3 is 0 Å². The largest absolute Gasteiger partial charge is 0.287 e. The van der Waals surface area contributed by atoms with E-state index in [9.17, 15) is 0 Å². The minimum Gasteiger partial charge on any atom is -0.287 e. The van der Waals surface area contributed by atoms with Gasteiger partial charge in [0.1, 0.15) is 6.04 Å². The molecule has 1 aromatic carbocycles. The maximum atomic E-state index is 8.93. The van der Waals surface area contributed by atoms with Crippen molar-refractivity contribution in [3.8, 4) is 18.4 Å². The molecular formula is C11H9BrN2. The Bertz CT molecular complexity index is 387. The van der Waals surface area contributed by atoms with Crippen LogP contribution in [0.5, 0.6) is 0 Å². The third-order valence-electron chi connectivity index (χ3n) is 1.75. The molecule has 14 heavy (non-hydrogen) atoms. The number of nitrogens with one attached hydrogen (secondary N) is 1. The average molecular weight is 249 g/mol. The van der Waals surface area contributed by atoms with Crippen LogP contribution in [0.1, 0.15) is 11.6 Å². The molecule has 0 spiro atoms. The summed E-state index contributed by atoms with van der Waals surface area (Å²) in [5.41, 5.74) is 0.908. The van der Waals surface area contributed by atoms with Gasteiger partial charge in [0.25, 0.3) is 0 Å². The van der Waals surface area contributed by atoms with Crippen LogP contribution in [0.2, 0.25) is 0 Å². The Labute approximate surface area is 92.1 Å². The van der Waals surface area contributed by atoms with E-state index in [1.807, 2.05) is 24.3 Å². The van der Waals surface area contributed by atoms with E-state index in [0.717, 1.165) is 10.0 Å². The van der Waals surface area contributed by atoms with Crippen LogP contribution in [0.15, 0.2) is 28.7 Å². The molecule has 1 unspecified atom stereocenters. The average Bonchev–Trinajstić information content (AvgIpc) is 2.21. The first-order valence-electron chi connectivity index (χ1n) is 4.10. The summed E-state index contributed by atoms with van der Waals surface area (Å²) in [6, 6.07) is 9.38. The number of benzene rings is 1. The Morgan fingerprint density at radius 3 is 2.79 bits per heavy atom. The lowest BCUT2D eigenvalue weighted by Crippen LogP contribution is -2.20. The maximum Gasteiger partial charge on any atom is 0.123 e. The first-order chi connectivity index (χ1) is 6.79. The van der Waals surface area contributed by atoms with Crippen LogP contribution in [0.3, 0.4) is 0 Å². The highest BCUT2D eigenvalue weighted by molar-refractivity contribution is 9.10. The minimum atomic E-state index is -0.360. The van der Waals surface area contributed by atoms with E-state index >= 15 is 0 Å². The summed E-state index contributed by atoms with van der Waals surface area (Å²) in [6.45, 7) is 0.388. The lowest BCUT2D eigenvalue weighted by Gasteiger charge is -2.10. The quantitative estimate of drug-likeness (QED) is 0.834. The van der Waals surface area contributed by atoms with Crippen molar-refractivity contribution in [3.05, 3.63) is 34.3 Å². The fraction of sp³-hybridized carbons (Fsp3) is 0.182. The van der Waals surface area contributed by atoms with E-state index in [1.54, 1.807) is 0 Å². The molecule has 0 amide bonds. The molecule has 0 fully saturated rings. The minimum absolute atomic E-state index is 0.360. The third-order valence-corrected chi connectivity index (χ3v) is 2.48. The third kappa shape index (κ3) is 2.60. The zero-order valence-corrected chi connectivity index (χ0v) is 9.08. The molecule has 0 radical (unpaired) electrons. The highest BCUT2D eigenvalue weighted by Crippen LogP contribution is 2.22. The zero-order chi connectivity index (χ0) is 10.4. The second kappa shape index (κ2) is 5.44. The van der Waals surface area contributed by atoms with Gasteiger partial charge in [-0.25, -0.2) is 0 Å². The summed E-state index contributed by atoms with van der Waals surface area (Å²) >= 11 is 3.39. The number of hydrogen-bond acceptors (Lipinski definition) is 2. The van der Waals surface area contributed by atoms with Gasteiger partial charge in [-0.05, 0) is 11.6 Å². The van der Waals surface area contributed by atoms with Crippen LogP contribution in [0, 0.1) is 23.7 Å². The molecule has 0 saturated carbocycles. The number of hydrogen-bond donors (Lipinski definition) is 1. The van der Waals surface area contributed by atoms with Crippen LogP contribution in [0.25, 0.3) is 0 Å². The van der Waals surface area contributed by atoms with Crippen molar-refractivity contribution in [1.82, 2.24) is 5.32 Å². The monoisotopic (exact) mass is 248 g/mol. The van der Waals surface area contributed by atoms with E-state index in [0.29, 0.717) is 6.54 Å². The topological polar surface area (TPSA) is 35.8 Å². The molecular weight excluding hydrogens is 240 g/mol. The second-order valence-corrected chi connectivity index (χ2v) is 3.52. The van der Waals surface area contributed by atoms with Gasteiger partial charge in [0.05, 0.1) is 12.6 Å². The zero-order valence-electron chi connectivity index (χ0n) is 7.50. The maximum absolute atomic E-state index is 8.93. The summed E-state index contributed by atoms with van der Waals surface area (Å²) in [6.07, 6.45) is 5.11. The van der Waals surface area contributed by atoms with Crippen molar-refractivity contribution in [2.45, 2.75) is 6.04 Å². The molecule has 1 aromatic rings. The van der Waals surface area contributed by atoms with Crippen LogP contribution in [-0.2, 0) is 0 Å². The predicted octanol–water partition coefficient (Wildman–Crippen LogP) is 2.24. The fourth-order valence-corrected chi connectivity index (χ4v) is 1.61. The first kappa shape index (κ1) is 10.8. The van der Waals surface area contributed by atoms with Gasteiger partial charge >= 0.3 is 0 Å². The van der Waals surface area contributed by atoms with E-state index in [1.165, 1.54) is 0 Å². The van der Waals surface area contributed by atoms with Gasteiger partial charge in [-0.2, -0.15) is 5.26 Å². The summed E-state index contributed by atoms with van der Waals surface area (Å²) in [5, 5.41) is 11.9. The summed E-state index contributed by atoms with van der Waals surface area (Å²) in [4.78, 5) is 0. The van der Waals surface area contributed by atoms with Gasteiger partial charge in [0.2, 0.25) is 0 Å². The smallest absolute Gasteiger partial charge is 0.123 e. The van der Waals surface area contributed by atoms with Gasteiger partial charge in [-0.1, -0.05) is 40.0 Å². The molecule has 0 saturated heterocycles. The first-order valence-corrected chi connectivity index (χ1v) is 4.89. The predicted molar refractivity (Wildman–Crippen MR) is 59.3 cm³/mol. The number of halogens is 1. The van der Waals surface area contributed by atoms with Crippen molar-refractivity contribution in [3.63, 3.8) is 0 Å². The summed E-state index contributed by atoms with van der Waals surface area (Å²) in [5.74, 6) is 2.44. The van der Waals surface area contributed by atoms with Gasteiger partial charge in [-0.3, -0.25) is 5.32 Å².